The second kappa shape index (κ2) is 13.4. The van der Waals surface area contributed by atoms with Crippen LogP contribution >= 0.6 is 32.9 Å². The lowest BCUT2D eigenvalue weighted by Crippen LogP contribution is -2.24. The molecule has 0 aliphatic carbocycles. The van der Waals surface area contributed by atoms with E-state index in [1.165, 1.54) is 6.42 Å². The van der Waals surface area contributed by atoms with Crippen LogP contribution in [0.1, 0.15) is 19.3 Å². The first-order valence-electron chi connectivity index (χ1n) is 9.53. The van der Waals surface area contributed by atoms with Crippen LogP contribution in [-0.4, -0.2) is 51.3 Å². The van der Waals surface area contributed by atoms with Crippen molar-refractivity contribution in [3.63, 3.8) is 0 Å². The molecule has 3 rings (SSSR count). The lowest BCUT2D eigenvalue weighted by atomic mass is 10.1. The van der Waals surface area contributed by atoms with Crippen LogP contribution in [0, 0.1) is 0 Å². The highest BCUT2D eigenvalue weighted by Gasteiger charge is 2.14. The number of hydrogen-bond donors (Lipinski definition) is 0. The third kappa shape index (κ3) is 7.19. The molecule has 1 heterocycles. The first-order chi connectivity index (χ1) is 13.4. The van der Waals surface area contributed by atoms with E-state index in [0.717, 1.165) is 47.1 Å². The maximum absolute atomic E-state index is 5.96. The van der Waals surface area contributed by atoms with Gasteiger partial charge in [-0.3, -0.25) is 0 Å². The fraction of sp³-hybridized carbons (Fsp3) is 0.524. The molecule has 2 aromatic rings. The fourth-order valence-electron chi connectivity index (χ4n) is 3.05. The quantitative estimate of drug-likeness (QED) is 0.304. The summed E-state index contributed by atoms with van der Waals surface area (Å²) in [6.45, 7) is 3.57. The van der Waals surface area contributed by atoms with Crippen LogP contribution in [0.2, 0.25) is 0 Å². The van der Waals surface area contributed by atoms with Crippen molar-refractivity contribution in [2.45, 2.75) is 25.6 Å². The maximum atomic E-state index is 5.96. The van der Waals surface area contributed by atoms with Crippen LogP contribution in [-0.2, 0) is 14.2 Å². The minimum atomic E-state index is -0.0818. The van der Waals surface area contributed by atoms with Crippen LogP contribution in [0.4, 0.5) is 0 Å². The van der Waals surface area contributed by atoms with Gasteiger partial charge in [-0.25, -0.2) is 0 Å². The normalized spacial score (nSPS) is 16.5. The Morgan fingerprint density at radius 2 is 1.54 bits per heavy atom. The van der Waals surface area contributed by atoms with Crippen molar-refractivity contribution in [2.24, 2.45) is 0 Å². The van der Waals surface area contributed by atoms with Crippen LogP contribution in [0.25, 0.3) is 10.8 Å². The van der Waals surface area contributed by atoms with Crippen LogP contribution in [0.3, 0.4) is 0 Å². The Morgan fingerprint density at radius 1 is 0.857 bits per heavy atom. The van der Waals surface area contributed by atoms with Gasteiger partial charge in [0.25, 0.3) is 0 Å². The summed E-state index contributed by atoms with van der Waals surface area (Å²) < 4.78 is 28.6. The van der Waals surface area contributed by atoms with Crippen molar-refractivity contribution in [3.05, 3.63) is 36.4 Å². The van der Waals surface area contributed by atoms with Gasteiger partial charge in [0.1, 0.15) is 24.7 Å². The number of fused-ring (bicyclic) bond motifs is 1. The summed E-state index contributed by atoms with van der Waals surface area (Å²) in [5.74, 6) is 1.67. The highest BCUT2D eigenvalue weighted by atomic mass is 79.9. The molecule has 0 saturated carbocycles. The summed E-state index contributed by atoms with van der Waals surface area (Å²) in [5.41, 5.74) is 0. The molecule has 1 aliphatic rings. The summed E-state index contributed by atoms with van der Waals surface area (Å²) in [6, 6.07) is 12.0. The molecule has 28 heavy (non-hydrogen) atoms. The fourth-order valence-corrected chi connectivity index (χ4v) is 3.27. The van der Waals surface area contributed by atoms with E-state index in [2.05, 4.69) is 15.9 Å². The SMILES string of the molecule is Br.BrCCOCCOc1cccc2c(OCCOC3CCCCO3)cccc12. The van der Waals surface area contributed by atoms with Gasteiger partial charge in [-0.15, -0.1) is 17.0 Å². The molecule has 0 bridgehead atoms. The van der Waals surface area contributed by atoms with Gasteiger partial charge in [-0.2, -0.15) is 0 Å². The van der Waals surface area contributed by atoms with Crippen molar-refractivity contribution < 1.29 is 23.7 Å². The van der Waals surface area contributed by atoms with Crippen LogP contribution in [0.15, 0.2) is 36.4 Å². The van der Waals surface area contributed by atoms with Gasteiger partial charge in [0.15, 0.2) is 6.29 Å². The molecule has 1 fully saturated rings. The van der Waals surface area contributed by atoms with Crippen molar-refractivity contribution in [1.29, 1.82) is 0 Å². The molecule has 0 radical (unpaired) electrons. The second-order valence-electron chi connectivity index (χ2n) is 6.27. The highest BCUT2D eigenvalue weighted by Crippen LogP contribution is 2.32. The van der Waals surface area contributed by atoms with E-state index in [-0.39, 0.29) is 23.3 Å². The molecule has 0 aromatic heterocycles. The molecule has 156 valence electrons. The van der Waals surface area contributed by atoms with Crippen LogP contribution in [0.5, 0.6) is 11.5 Å². The topological polar surface area (TPSA) is 46.2 Å². The first kappa shape index (κ1) is 23.4. The average molecular weight is 520 g/mol. The summed E-state index contributed by atoms with van der Waals surface area (Å²) >= 11 is 3.34. The number of ether oxygens (including phenoxy) is 5. The number of benzene rings is 2. The molecule has 2 aromatic carbocycles. The second-order valence-corrected chi connectivity index (χ2v) is 7.07. The Bertz CT molecular complexity index is 692. The van der Waals surface area contributed by atoms with Gasteiger partial charge in [0.2, 0.25) is 0 Å². The zero-order valence-electron chi connectivity index (χ0n) is 15.9. The molecule has 1 unspecified atom stereocenters. The molecular formula is C21H28Br2O5. The van der Waals surface area contributed by atoms with Crippen LogP contribution < -0.4 is 9.47 Å². The third-order valence-corrected chi connectivity index (χ3v) is 4.66. The third-order valence-electron chi connectivity index (χ3n) is 4.33. The van der Waals surface area contributed by atoms with E-state index < -0.39 is 0 Å². The summed E-state index contributed by atoms with van der Waals surface area (Å²) in [4.78, 5) is 0. The Hall–Kier alpha value is -0.860. The predicted molar refractivity (Wildman–Crippen MR) is 119 cm³/mol. The lowest BCUT2D eigenvalue weighted by Gasteiger charge is -2.22. The number of alkyl halides is 1. The molecular weight excluding hydrogens is 492 g/mol. The maximum Gasteiger partial charge on any atom is 0.157 e. The summed E-state index contributed by atoms with van der Waals surface area (Å²) in [6.07, 6.45) is 3.17. The van der Waals surface area contributed by atoms with Crippen molar-refractivity contribution >= 4 is 43.7 Å². The van der Waals surface area contributed by atoms with Gasteiger partial charge in [-0.1, -0.05) is 40.2 Å². The van der Waals surface area contributed by atoms with E-state index in [4.69, 9.17) is 23.7 Å². The molecule has 1 saturated heterocycles. The largest absolute Gasteiger partial charge is 0.491 e. The first-order valence-corrected chi connectivity index (χ1v) is 10.6. The van der Waals surface area contributed by atoms with E-state index in [0.29, 0.717) is 33.0 Å². The monoisotopic (exact) mass is 518 g/mol. The average Bonchev–Trinajstić information content (AvgIpc) is 2.72. The highest BCUT2D eigenvalue weighted by molar-refractivity contribution is 9.09. The summed E-state index contributed by atoms with van der Waals surface area (Å²) in [7, 11) is 0. The number of hydrogen-bond acceptors (Lipinski definition) is 5. The molecule has 0 spiro atoms. The minimum absolute atomic E-state index is 0. The van der Waals surface area contributed by atoms with E-state index >= 15 is 0 Å². The smallest absolute Gasteiger partial charge is 0.157 e. The standard InChI is InChI=1S/C21H27BrO5.BrH/c22-10-12-23-13-14-24-19-7-3-6-18-17(19)5-4-8-20(18)25-15-16-27-21-9-1-2-11-26-21;/h3-8,21H,1-2,9-16H2;1H. The minimum Gasteiger partial charge on any atom is -0.491 e. The van der Waals surface area contributed by atoms with Gasteiger partial charge in [0, 0.05) is 22.7 Å². The van der Waals surface area contributed by atoms with Crippen molar-refractivity contribution in [3.8, 4) is 11.5 Å². The molecule has 1 aliphatic heterocycles. The van der Waals surface area contributed by atoms with Gasteiger partial charge in [-0.05, 0) is 31.4 Å². The van der Waals surface area contributed by atoms with Gasteiger partial charge < -0.3 is 23.7 Å². The summed E-state index contributed by atoms with van der Waals surface area (Å²) in [5, 5.41) is 2.90. The molecule has 0 N–H and O–H groups in total. The number of halogens is 2. The van der Waals surface area contributed by atoms with Gasteiger partial charge in [0.05, 0.1) is 19.8 Å². The Kier molecular flexibility index (Phi) is 11.2. The van der Waals surface area contributed by atoms with E-state index in [1.807, 2.05) is 36.4 Å². The van der Waals surface area contributed by atoms with Gasteiger partial charge >= 0.3 is 0 Å². The van der Waals surface area contributed by atoms with E-state index in [9.17, 15) is 0 Å². The Morgan fingerprint density at radius 3 is 2.14 bits per heavy atom. The zero-order chi connectivity index (χ0) is 18.7. The predicted octanol–water partition coefficient (Wildman–Crippen LogP) is 5.13. The van der Waals surface area contributed by atoms with Crippen molar-refractivity contribution in [2.75, 3.05) is 45.0 Å². The van der Waals surface area contributed by atoms with E-state index in [1.54, 1.807) is 0 Å². The molecule has 5 nitrogen and oxygen atoms in total. The Balaban J connectivity index is 0.00000280. The Labute approximate surface area is 185 Å². The molecule has 1 atom stereocenters. The zero-order valence-corrected chi connectivity index (χ0v) is 19.2. The molecule has 0 amide bonds. The van der Waals surface area contributed by atoms with Crippen molar-refractivity contribution in [1.82, 2.24) is 0 Å². The molecule has 7 heteroatoms. The number of rotatable bonds is 11. The lowest BCUT2D eigenvalue weighted by molar-refractivity contribution is -0.165.